The van der Waals surface area contributed by atoms with Gasteiger partial charge in [-0.05, 0) is 36.8 Å². The van der Waals surface area contributed by atoms with Gasteiger partial charge in [0, 0.05) is 28.0 Å². The van der Waals surface area contributed by atoms with Crippen molar-refractivity contribution in [2.75, 3.05) is 20.3 Å². The highest BCUT2D eigenvalue weighted by atomic mass is 79.9. The largest absolute Gasteiger partial charge is 0.465 e. The Bertz CT molecular complexity index is 1220. The van der Waals surface area contributed by atoms with Gasteiger partial charge in [-0.1, -0.05) is 28.1 Å². The van der Waals surface area contributed by atoms with Gasteiger partial charge in [0.1, 0.15) is 0 Å². The smallest absolute Gasteiger partial charge is 0.340 e. The molecular formula is C22H20BrN3O3. The quantitative estimate of drug-likeness (QED) is 0.425. The first kappa shape index (κ1) is 18.4. The molecular weight excluding hydrogens is 434 g/mol. The number of ether oxygens (including phenoxy) is 2. The fourth-order valence-electron chi connectivity index (χ4n) is 4.12. The summed E-state index contributed by atoms with van der Waals surface area (Å²) in [6.07, 6.45) is 2.96. The minimum atomic E-state index is -0.336. The number of halogens is 1. The first-order valence-electron chi connectivity index (χ1n) is 9.56. The Balaban J connectivity index is 1.64. The molecule has 1 unspecified atom stereocenters. The molecule has 0 N–H and O–H groups in total. The highest BCUT2D eigenvalue weighted by Crippen LogP contribution is 2.30. The molecule has 5 rings (SSSR count). The van der Waals surface area contributed by atoms with Crippen molar-refractivity contribution in [2.45, 2.75) is 19.0 Å². The summed E-state index contributed by atoms with van der Waals surface area (Å²) < 4.78 is 15.7. The third kappa shape index (κ3) is 3.14. The van der Waals surface area contributed by atoms with Crippen LogP contribution in [0.2, 0.25) is 0 Å². The maximum Gasteiger partial charge on any atom is 0.340 e. The summed E-state index contributed by atoms with van der Waals surface area (Å²) in [7, 11) is 1.41. The summed E-state index contributed by atoms with van der Waals surface area (Å²) in [5.74, 6) is -0.336. The zero-order chi connectivity index (χ0) is 20.0. The fourth-order valence-corrected chi connectivity index (χ4v) is 4.48. The van der Waals surface area contributed by atoms with Crippen molar-refractivity contribution >= 4 is 43.7 Å². The van der Waals surface area contributed by atoms with E-state index < -0.39 is 0 Å². The van der Waals surface area contributed by atoms with Gasteiger partial charge < -0.3 is 14.0 Å². The van der Waals surface area contributed by atoms with Crippen molar-refractivity contribution in [3.63, 3.8) is 0 Å². The van der Waals surface area contributed by atoms with Crippen LogP contribution in [0.4, 0.5) is 0 Å². The number of nitrogens with zero attached hydrogens (tertiary/aromatic N) is 3. The van der Waals surface area contributed by atoms with Crippen LogP contribution in [0.25, 0.3) is 21.8 Å². The van der Waals surface area contributed by atoms with Crippen LogP contribution in [0.1, 0.15) is 28.5 Å². The van der Waals surface area contributed by atoms with Crippen molar-refractivity contribution in [3.8, 4) is 0 Å². The van der Waals surface area contributed by atoms with Crippen molar-refractivity contribution in [1.82, 2.24) is 14.3 Å². The van der Waals surface area contributed by atoms with E-state index in [2.05, 4.69) is 37.3 Å². The van der Waals surface area contributed by atoms with Crippen LogP contribution in [0, 0.1) is 0 Å². The van der Waals surface area contributed by atoms with Gasteiger partial charge in [0.25, 0.3) is 0 Å². The molecule has 1 aliphatic heterocycles. The van der Waals surface area contributed by atoms with Crippen LogP contribution >= 0.6 is 15.9 Å². The minimum Gasteiger partial charge on any atom is -0.465 e. The molecule has 0 spiro atoms. The van der Waals surface area contributed by atoms with Crippen LogP contribution in [0.3, 0.4) is 0 Å². The highest BCUT2D eigenvalue weighted by Gasteiger charge is 2.23. The van der Waals surface area contributed by atoms with Gasteiger partial charge in [0.2, 0.25) is 0 Å². The van der Waals surface area contributed by atoms with Gasteiger partial charge in [-0.25, -0.2) is 4.79 Å². The number of hydrogen-bond donors (Lipinski definition) is 0. The lowest BCUT2D eigenvalue weighted by atomic mass is 10.1. The number of fused-ring (bicyclic) bond motifs is 2. The molecule has 3 heterocycles. The Morgan fingerprint density at radius 1 is 1.31 bits per heavy atom. The number of rotatable bonds is 4. The first-order chi connectivity index (χ1) is 14.2. The summed E-state index contributed by atoms with van der Waals surface area (Å²) in [5, 5.41) is 7.07. The zero-order valence-corrected chi connectivity index (χ0v) is 17.6. The predicted molar refractivity (Wildman–Crippen MR) is 114 cm³/mol. The molecule has 0 aliphatic carbocycles. The number of benzene rings is 2. The molecule has 7 heteroatoms. The second-order valence-corrected chi connectivity index (χ2v) is 8.16. The van der Waals surface area contributed by atoms with E-state index in [1.54, 1.807) is 6.07 Å². The summed E-state index contributed by atoms with van der Waals surface area (Å²) in [4.78, 5) is 12.3. The van der Waals surface area contributed by atoms with Gasteiger partial charge in [-0.15, -0.1) is 0 Å². The Hall–Kier alpha value is -2.64. The average molecular weight is 454 g/mol. The SMILES string of the molecule is COC(=O)c1cccc2ccn(Cc3nn(C4CCOC4)c4ccc(Br)cc34)c12. The lowest BCUT2D eigenvalue weighted by molar-refractivity contribution is 0.0602. The molecule has 1 atom stereocenters. The van der Waals surface area contributed by atoms with Crippen molar-refractivity contribution in [3.05, 3.63) is 64.4 Å². The van der Waals surface area contributed by atoms with Gasteiger partial charge in [0.05, 0.1) is 48.6 Å². The number of para-hydroxylation sites is 1. The van der Waals surface area contributed by atoms with E-state index in [4.69, 9.17) is 14.6 Å². The Morgan fingerprint density at radius 2 is 2.21 bits per heavy atom. The van der Waals surface area contributed by atoms with Crippen LogP contribution < -0.4 is 0 Å². The van der Waals surface area contributed by atoms with E-state index in [1.165, 1.54) is 7.11 Å². The van der Waals surface area contributed by atoms with Gasteiger partial charge in [-0.2, -0.15) is 5.10 Å². The van der Waals surface area contributed by atoms with Crippen LogP contribution in [-0.2, 0) is 16.0 Å². The molecule has 0 saturated carbocycles. The molecule has 1 aliphatic rings. The second-order valence-electron chi connectivity index (χ2n) is 7.25. The lowest BCUT2D eigenvalue weighted by Crippen LogP contribution is -2.11. The molecule has 0 bridgehead atoms. The summed E-state index contributed by atoms with van der Waals surface area (Å²) in [6.45, 7) is 2.01. The summed E-state index contributed by atoms with van der Waals surface area (Å²) in [6, 6.07) is 14.2. The number of carbonyl (C=O) groups is 1. The fraction of sp³-hybridized carbons (Fsp3) is 0.273. The van der Waals surface area contributed by atoms with Crippen LogP contribution in [0.5, 0.6) is 0 Å². The van der Waals surface area contributed by atoms with E-state index in [1.807, 2.05) is 30.5 Å². The van der Waals surface area contributed by atoms with Crippen molar-refractivity contribution in [1.29, 1.82) is 0 Å². The van der Waals surface area contributed by atoms with E-state index in [-0.39, 0.29) is 12.0 Å². The molecule has 2 aromatic carbocycles. The Labute approximate surface area is 176 Å². The standard InChI is InChI=1S/C22H20BrN3O3/c1-28-22(27)17-4-2-3-14-7-9-25(21(14)17)12-19-18-11-15(23)5-6-20(18)26(24-19)16-8-10-29-13-16/h2-7,9,11,16H,8,10,12-13H2,1H3. The minimum absolute atomic E-state index is 0.250. The van der Waals surface area contributed by atoms with E-state index in [9.17, 15) is 4.79 Å². The monoisotopic (exact) mass is 453 g/mol. The molecule has 0 amide bonds. The number of hydrogen-bond acceptors (Lipinski definition) is 4. The van der Waals surface area contributed by atoms with Gasteiger partial charge >= 0.3 is 5.97 Å². The molecule has 2 aromatic heterocycles. The number of carbonyl (C=O) groups excluding carboxylic acids is 1. The number of esters is 1. The third-order valence-electron chi connectivity index (χ3n) is 5.51. The van der Waals surface area contributed by atoms with Crippen LogP contribution in [0.15, 0.2) is 53.1 Å². The first-order valence-corrected chi connectivity index (χ1v) is 10.4. The third-order valence-corrected chi connectivity index (χ3v) is 6.00. The molecule has 1 fully saturated rings. The van der Waals surface area contributed by atoms with Crippen LogP contribution in [-0.4, -0.2) is 40.6 Å². The number of methoxy groups -OCH3 is 1. The lowest BCUT2D eigenvalue weighted by Gasteiger charge is -2.10. The summed E-state index contributed by atoms with van der Waals surface area (Å²) >= 11 is 3.59. The van der Waals surface area contributed by atoms with Gasteiger partial charge in [0.15, 0.2) is 0 Å². The molecule has 0 radical (unpaired) electrons. The van der Waals surface area contributed by atoms with E-state index in [0.717, 1.165) is 45.0 Å². The van der Waals surface area contributed by atoms with E-state index >= 15 is 0 Å². The Kier molecular flexibility index (Phi) is 4.64. The number of aromatic nitrogens is 3. The normalized spacial score (nSPS) is 16.7. The maximum atomic E-state index is 12.3. The Morgan fingerprint density at radius 3 is 3.00 bits per heavy atom. The molecule has 4 aromatic rings. The zero-order valence-electron chi connectivity index (χ0n) is 16.0. The maximum absolute atomic E-state index is 12.3. The predicted octanol–water partition coefficient (Wildman–Crippen LogP) is 4.55. The molecule has 148 valence electrons. The highest BCUT2D eigenvalue weighted by molar-refractivity contribution is 9.10. The van der Waals surface area contributed by atoms with Gasteiger partial charge in [-0.3, -0.25) is 4.68 Å². The van der Waals surface area contributed by atoms with Crippen molar-refractivity contribution < 1.29 is 14.3 Å². The average Bonchev–Trinajstić information content (AvgIpc) is 3.47. The van der Waals surface area contributed by atoms with Crippen molar-refractivity contribution in [2.24, 2.45) is 0 Å². The topological polar surface area (TPSA) is 58.3 Å². The summed E-state index contributed by atoms with van der Waals surface area (Å²) in [5.41, 5.74) is 3.49. The molecule has 29 heavy (non-hydrogen) atoms. The molecule has 1 saturated heterocycles. The second kappa shape index (κ2) is 7.31. The molecule has 6 nitrogen and oxygen atoms in total. The van der Waals surface area contributed by atoms with E-state index in [0.29, 0.717) is 18.7 Å².